The number of carbonyl (C=O) groups is 2. The first kappa shape index (κ1) is 21.7. The molecule has 1 N–H and O–H groups in total. The molecule has 0 aromatic heterocycles. The van der Waals surface area contributed by atoms with Crippen LogP contribution in [0, 0.1) is 24.2 Å². The minimum absolute atomic E-state index is 0.0148. The van der Waals surface area contributed by atoms with Crippen molar-refractivity contribution in [3.05, 3.63) is 65.2 Å². The highest BCUT2D eigenvalue weighted by atomic mass is 16.3. The maximum Gasteiger partial charge on any atom is 0.257 e. The topological polar surface area (TPSA) is 60.9 Å². The summed E-state index contributed by atoms with van der Waals surface area (Å²) in [7, 11) is 0. The van der Waals surface area contributed by atoms with Crippen LogP contribution in [-0.2, 0) is 10.2 Å². The van der Waals surface area contributed by atoms with Gasteiger partial charge in [-0.1, -0.05) is 42.0 Å². The lowest BCUT2D eigenvalue weighted by atomic mass is 9.42. The monoisotopic (exact) mass is 458 g/mol. The summed E-state index contributed by atoms with van der Waals surface area (Å²) < 4.78 is 0. The van der Waals surface area contributed by atoms with E-state index in [0.717, 1.165) is 19.3 Å². The number of benzene rings is 2. The number of phenols is 1. The first-order valence-corrected chi connectivity index (χ1v) is 12.8. The van der Waals surface area contributed by atoms with Crippen LogP contribution in [0.5, 0.6) is 5.75 Å². The molecule has 0 spiro atoms. The molecule has 178 valence electrons. The number of piperazine rings is 1. The molecule has 2 unspecified atom stereocenters. The van der Waals surface area contributed by atoms with Gasteiger partial charge in [0.2, 0.25) is 5.91 Å². The molecular formula is C29H34N2O3. The van der Waals surface area contributed by atoms with Crippen molar-refractivity contribution >= 4 is 11.8 Å². The summed E-state index contributed by atoms with van der Waals surface area (Å²) in [5.74, 6) is 1.48. The standard InChI is InChI=1S/C29H34N2O3/c1-20-6-8-23(9-7-20)28-15-21-14-22(16-28)18-29(17-21,19-28)27(34)31-12-10-30(11-13-31)26(33)24-4-2-3-5-25(24)32/h2-9,21-22,32H,10-19H2,1H3. The van der Waals surface area contributed by atoms with Crippen molar-refractivity contribution in [1.82, 2.24) is 9.80 Å². The summed E-state index contributed by atoms with van der Waals surface area (Å²) in [6.45, 7) is 4.33. The smallest absolute Gasteiger partial charge is 0.257 e. The predicted molar refractivity (Wildman–Crippen MR) is 131 cm³/mol. The Kier molecular flexibility index (Phi) is 5.02. The Labute approximate surface area is 201 Å². The van der Waals surface area contributed by atoms with Crippen LogP contribution in [0.2, 0.25) is 0 Å². The average molecular weight is 459 g/mol. The summed E-state index contributed by atoms with van der Waals surface area (Å²) in [6.07, 6.45) is 6.78. The minimum Gasteiger partial charge on any atom is -0.507 e. The Morgan fingerprint density at radius 2 is 1.47 bits per heavy atom. The summed E-state index contributed by atoms with van der Waals surface area (Å²) >= 11 is 0. The fraction of sp³-hybridized carbons (Fsp3) is 0.517. The molecule has 5 nitrogen and oxygen atoms in total. The number of hydrogen-bond donors (Lipinski definition) is 1. The third kappa shape index (κ3) is 3.43. The third-order valence-electron chi connectivity index (χ3n) is 9.17. The number of rotatable bonds is 3. The molecule has 2 amide bonds. The molecule has 7 rings (SSSR count). The van der Waals surface area contributed by atoms with E-state index in [1.54, 1.807) is 29.2 Å². The van der Waals surface area contributed by atoms with Crippen LogP contribution in [-0.4, -0.2) is 52.9 Å². The van der Waals surface area contributed by atoms with E-state index in [2.05, 4.69) is 31.2 Å². The maximum absolute atomic E-state index is 14.1. The lowest BCUT2D eigenvalue weighted by Crippen LogP contribution is -2.61. The fourth-order valence-corrected chi connectivity index (χ4v) is 8.03. The molecule has 2 atom stereocenters. The second kappa shape index (κ2) is 7.86. The molecule has 5 heteroatoms. The highest BCUT2D eigenvalue weighted by Crippen LogP contribution is 2.66. The van der Waals surface area contributed by atoms with Gasteiger partial charge in [0.05, 0.1) is 11.0 Å². The van der Waals surface area contributed by atoms with Crippen molar-refractivity contribution in [2.24, 2.45) is 17.3 Å². The van der Waals surface area contributed by atoms with Crippen molar-refractivity contribution in [1.29, 1.82) is 0 Å². The van der Waals surface area contributed by atoms with Crippen LogP contribution in [0.4, 0.5) is 0 Å². The van der Waals surface area contributed by atoms with Crippen LogP contribution in [0.15, 0.2) is 48.5 Å². The van der Waals surface area contributed by atoms with E-state index in [9.17, 15) is 14.7 Å². The predicted octanol–water partition coefficient (Wildman–Crippen LogP) is 4.52. The van der Waals surface area contributed by atoms with Crippen LogP contribution in [0.3, 0.4) is 0 Å². The van der Waals surface area contributed by atoms with Crippen LogP contribution < -0.4 is 0 Å². The Balaban J connectivity index is 1.19. The van der Waals surface area contributed by atoms with Gasteiger partial charge in [-0.25, -0.2) is 0 Å². The van der Waals surface area contributed by atoms with Crippen molar-refractivity contribution in [2.75, 3.05) is 26.2 Å². The van der Waals surface area contributed by atoms with Crippen molar-refractivity contribution in [2.45, 2.75) is 50.9 Å². The van der Waals surface area contributed by atoms with Crippen molar-refractivity contribution < 1.29 is 14.7 Å². The third-order valence-corrected chi connectivity index (χ3v) is 9.17. The van der Waals surface area contributed by atoms with Gasteiger partial charge in [0.1, 0.15) is 5.75 Å². The first-order chi connectivity index (χ1) is 16.4. The fourth-order valence-electron chi connectivity index (χ4n) is 8.03. The normalized spacial score (nSPS) is 32.1. The Morgan fingerprint density at radius 1 is 0.853 bits per heavy atom. The Morgan fingerprint density at radius 3 is 2.12 bits per heavy atom. The zero-order valence-corrected chi connectivity index (χ0v) is 20.0. The highest BCUT2D eigenvalue weighted by molar-refractivity contribution is 5.97. The number of amides is 2. The minimum atomic E-state index is -0.237. The molecule has 2 aromatic carbocycles. The largest absolute Gasteiger partial charge is 0.507 e. The molecule has 5 aliphatic rings. The molecule has 1 aliphatic heterocycles. The first-order valence-electron chi connectivity index (χ1n) is 12.8. The number of phenolic OH excluding ortho intramolecular Hbond substituents is 1. The Bertz CT molecular complexity index is 1100. The molecule has 1 heterocycles. The van der Waals surface area contributed by atoms with Gasteiger partial charge in [-0.05, 0) is 80.4 Å². The zero-order chi connectivity index (χ0) is 23.5. The Hall–Kier alpha value is -2.82. The summed E-state index contributed by atoms with van der Waals surface area (Å²) in [5, 5.41) is 10.1. The molecule has 5 fully saturated rings. The zero-order valence-electron chi connectivity index (χ0n) is 20.0. The summed E-state index contributed by atoms with van der Waals surface area (Å²) in [4.78, 5) is 30.8. The van der Waals surface area contributed by atoms with E-state index in [-0.39, 0.29) is 22.5 Å². The van der Waals surface area contributed by atoms with Crippen LogP contribution in [0.1, 0.15) is 60.0 Å². The second-order valence-electron chi connectivity index (χ2n) is 11.5. The van der Waals surface area contributed by atoms with Crippen LogP contribution >= 0.6 is 0 Å². The van der Waals surface area contributed by atoms with Gasteiger partial charge < -0.3 is 14.9 Å². The number of aromatic hydroxyl groups is 1. The lowest BCUT2D eigenvalue weighted by molar-refractivity contribution is -0.161. The number of hydrogen-bond acceptors (Lipinski definition) is 3. The second-order valence-corrected chi connectivity index (χ2v) is 11.5. The van der Waals surface area contributed by atoms with E-state index in [0.29, 0.717) is 49.5 Å². The maximum atomic E-state index is 14.1. The number of aryl methyl sites for hydroxylation is 1. The molecule has 4 saturated carbocycles. The van der Waals surface area contributed by atoms with E-state index in [1.807, 2.05) is 4.90 Å². The van der Waals surface area contributed by atoms with Gasteiger partial charge in [0.25, 0.3) is 5.91 Å². The molecular weight excluding hydrogens is 424 g/mol. The summed E-state index contributed by atoms with van der Waals surface area (Å²) in [6, 6.07) is 15.8. The molecule has 2 aromatic rings. The molecule has 1 saturated heterocycles. The SMILES string of the molecule is Cc1ccc(C23CC4CC(CC(C(=O)N5CCN(C(=O)c6ccccc6O)CC5)(C4)C2)C3)cc1. The van der Waals surface area contributed by atoms with Gasteiger partial charge in [-0.15, -0.1) is 0 Å². The van der Waals surface area contributed by atoms with Gasteiger partial charge in [0, 0.05) is 26.2 Å². The molecule has 0 radical (unpaired) electrons. The van der Waals surface area contributed by atoms with E-state index in [1.165, 1.54) is 30.4 Å². The molecule has 4 aliphatic carbocycles. The van der Waals surface area contributed by atoms with Crippen molar-refractivity contribution in [3.8, 4) is 5.75 Å². The van der Waals surface area contributed by atoms with E-state index >= 15 is 0 Å². The lowest BCUT2D eigenvalue weighted by Gasteiger charge is -2.62. The van der Waals surface area contributed by atoms with Gasteiger partial charge in [0.15, 0.2) is 0 Å². The highest BCUT2D eigenvalue weighted by Gasteiger charge is 2.61. The van der Waals surface area contributed by atoms with Gasteiger partial charge in [-0.2, -0.15) is 0 Å². The molecule has 34 heavy (non-hydrogen) atoms. The van der Waals surface area contributed by atoms with Gasteiger partial charge in [-0.3, -0.25) is 9.59 Å². The van der Waals surface area contributed by atoms with Gasteiger partial charge >= 0.3 is 0 Å². The quantitative estimate of drug-likeness (QED) is 0.736. The number of carbonyl (C=O) groups excluding carboxylic acids is 2. The molecule has 4 bridgehead atoms. The number of nitrogens with zero attached hydrogens (tertiary/aromatic N) is 2. The summed E-state index contributed by atoms with van der Waals surface area (Å²) in [5.41, 5.74) is 2.97. The van der Waals surface area contributed by atoms with E-state index < -0.39 is 0 Å². The average Bonchev–Trinajstić information content (AvgIpc) is 2.83. The van der Waals surface area contributed by atoms with Crippen molar-refractivity contribution in [3.63, 3.8) is 0 Å². The van der Waals surface area contributed by atoms with E-state index in [4.69, 9.17) is 0 Å². The van der Waals surface area contributed by atoms with Crippen LogP contribution in [0.25, 0.3) is 0 Å². The number of para-hydroxylation sites is 1.